The molecule has 1 atom stereocenters. The topological polar surface area (TPSA) is 130 Å². The van der Waals surface area contributed by atoms with Gasteiger partial charge in [0, 0.05) is 6.08 Å². The van der Waals surface area contributed by atoms with E-state index in [4.69, 9.17) is 19.7 Å². The lowest BCUT2D eigenvalue weighted by Crippen LogP contribution is -2.25. The van der Waals surface area contributed by atoms with Crippen LogP contribution >= 0.6 is 0 Å². The predicted molar refractivity (Wildman–Crippen MR) is 82.3 cm³/mol. The average molecular weight is 338 g/mol. The molecular formula is C16H18O8. The van der Waals surface area contributed by atoms with Crippen molar-refractivity contribution in [2.24, 2.45) is 0 Å². The number of carboxylic acids is 1. The zero-order valence-corrected chi connectivity index (χ0v) is 13.1. The Morgan fingerprint density at radius 2 is 1.92 bits per heavy atom. The molecule has 24 heavy (non-hydrogen) atoms. The molecule has 8 heteroatoms. The zero-order valence-electron chi connectivity index (χ0n) is 13.1. The molecule has 0 fully saturated rings. The smallest absolute Gasteiger partial charge is 0.333 e. The Labute approximate surface area is 137 Å². The van der Waals surface area contributed by atoms with Gasteiger partial charge in [0.2, 0.25) is 0 Å². The number of carbonyl (C=O) groups excluding carboxylic acids is 2. The van der Waals surface area contributed by atoms with Gasteiger partial charge in [-0.05, 0) is 37.6 Å². The van der Waals surface area contributed by atoms with Crippen LogP contribution in [0.1, 0.15) is 25.8 Å². The highest BCUT2D eigenvalue weighted by molar-refractivity contribution is 5.87. The lowest BCUT2D eigenvalue weighted by molar-refractivity contribution is -0.152. The molecule has 0 aliphatic carbocycles. The minimum atomic E-state index is -1.88. The minimum absolute atomic E-state index is 0.195. The first kappa shape index (κ1) is 19.2. The molecule has 0 amide bonds. The summed E-state index contributed by atoms with van der Waals surface area (Å²) < 4.78 is 9.68. The minimum Gasteiger partial charge on any atom is -0.504 e. The van der Waals surface area contributed by atoms with Gasteiger partial charge in [0.25, 0.3) is 0 Å². The van der Waals surface area contributed by atoms with Crippen LogP contribution in [0.3, 0.4) is 0 Å². The second kappa shape index (κ2) is 8.68. The Hall–Kier alpha value is -2.87. The SMILES string of the molecule is CC(C)OC(=O)/C=C/c1ccc(OC(=O)CC(O)C(=O)O)c(O)c1. The summed E-state index contributed by atoms with van der Waals surface area (Å²) in [5.74, 6) is -3.68. The molecule has 1 aromatic carbocycles. The number of benzene rings is 1. The number of carbonyl (C=O) groups is 3. The van der Waals surface area contributed by atoms with Crippen molar-refractivity contribution in [2.75, 3.05) is 0 Å². The normalized spacial score (nSPS) is 12.2. The monoisotopic (exact) mass is 338 g/mol. The molecule has 0 bridgehead atoms. The molecule has 0 aliphatic rings. The van der Waals surface area contributed by atoms with Crippen molar-refractivity contribution >= 4 is 24.0 Å². The van der Waals surface area contributed by atoms with Crippen molar-refractivity contribution in [1.29, 1.82) is 0 Å². The van der Waals surface area contributed by atoms with E-state index in [-0.39, 0.29) is 17.6 Å². The highest BCUT2D eigenvalue weighted by atomic mass is 16.5. The molecule has 0 saturated carbocycles. The maximum absolute atomic E-state index is 11.5. The molecule has 1 rings (SSSR count). The first-order valence-corrected chi connectivity index (χ1v) is 7.02. The fraction of sp³-hybridized carbons (Fsp3) is 0.312. The van der Waals surface area contributed by atoms with E-state index in [2.05, 4.69) is 0 Å². The third-order valence-electron chi connectivity index (χ3n) is 2.62. The molecule has 3 N–H and O–H groups in total. The Morgan fingerprint density at radius 1 is 1.25 bits per heavy atom. The fourth-order valence-electron chi connectivity index (χ4n) is 1.57. The molecule has 0 heterocycles. The highest BCUT2D eigenvalue weighted by Crippen LogP contribution is 2.27. The van der Waals surface area contributed by atoms with Crippen molar-refractivity contribution in [3.63, 3.8) is 0 Å². The third kappa shape index (κ3) is 6.49. The van der Waals surface area contributed by atoms with E-state index in [1.807, 2.05) is 0 Å². The molecular weight excluding hydrogens is 320 g/mol. The van der Waals surface area contributed by atoms with Crippen LogP contribution in [0.2, 0.25) is 0 Å². The van der Waals surface area contributed by atoms with E-state index in [0.29, 0.717) is 5.56 Å². The van der Waals surface area contributed by atoms with E-state index in [1.165, 1.54) is 30.4 Å². The molecule has 1 unspecified atom stereocenters. The lowest BCUT2D eigenvalue weighted by Gasteiger charge is -2.08. The lowest BCUT2D eigenvalue weighted by atomic mass is 10.2. The van der Waals surface area contributed by atoms with Gasteiger partial charge in [-0.15, -0.1) is 0 Å². The predicted octanol–water partition coefficient (Wildman–Crippen LogP) is 1.10. The van der Waals surface area contributed by atoms with E-state index in [1.54, 1.807) is 13.8 Å². The molecule has 130 valence electrons. The van der Waals surface area contributed by atoms with Crippen LogP contribution in [0.25, 0.3) is 6.08 Å². The molecule has 0 spiro atoms. The first-order chi connectivity index (χ1) is 11.2. The van der Waals surface area contributed by atoms with Gasteiger partial charge >= 0.3 is 17.9 Å². The maximum Gasteiger partial charge on any atom is 0.333 e. The van der Waals surface area contributed by atoms with Gasteiger partial charge in [0.15, 0.2) is 17.6 Å². The third-order valence-corrected chi connectivity index (χ3v) is 2.62. The molecule has 1 aromatic rings. The summed E-state index contributed by atoms with van der Waals surface area (Å²) in [6.45, 7) is 3.42. The van der Waals surface area contributed by atoms with Crippen LogP contribution in [-0.2, 0) is 19.1 Å². The van der Waals surface area contributed by atoms with Crippen LogP contribution in [0, 0.1) is 0 Å². The summed E-state index contributed by atoms with van der Waals surface area (Å²) in [6.07, 6.45) is -0.293. The number of phenolic OH excluding ortho intramolecular Hbond substituents is 1. The van der Waals surface area contributed by atoms with Gasteiger partial charge in [-0.3, -0.25) is 4.79 Å². The van der Waals surface area contributed by atoms with Gasteiger partial charge in [-0.25, -0.2) is 9.59 Å². The second-order valence-electron chi connectivity index (χ2n) is 5.08. The summed E-state index contributed by atoms with van der Waals surface area (Å²) in [5.41, 5.74) is 0.457. The van der Waals surface area contributed by atoms with E-state index in [0.717, 1.165) is 0 Å². The maximum atomic E-state index is 11.5. The number of aromatic hydroxyl groups is 1. The summed E-state index contributed by atoms with van der Waals surface area (Å²) in [6, 6.07) is 3.98. The Kier molecular flexibility index (Phi) is 6.94. The van der Waals surface area contributed by atoms with E-state index >= 15 is 0 Å². The Bertz CT molecular complexity index is 647. The number of aliphatic carboxylic acids is 1. The summed E-state index contributed by atoms with van der Waals surface area (Å²) in [5, 5.41) is 27.3. The second-order valence-corrected chi connectivity index (χ2v) is 5.08. The van der Waals surface area contributed by atoms with E-state index < -0.39 is 30.4 Å². The van der Waals surface area contributed by atoms with Crippen molar-refractivity contribution in [2.45, 2.75) is 32.5 Å². The molecule has 0 aromatic heterocycles. The van der Waals surface area contributed by atoms with Crippen LogP contribution in [0.15, 0.2) is 24.3 Å². The number of aliphatic hydroxyl groups excluding tert-OH is 1. The van der Waals surface area contributed by atoms with Gasteiger partial charge in [-0.2, -0.15) is 0 Å². The summed E-state index contributed by atoms with van der Waals surface area (Å²) >= 11 is 0. The van der Waals surface area contributed by atoms with E-state index in [9.17, 15) is 19.5 Å². The number of hydrogen-bond donors (Lipinski definition) is 3. The summed E-state index contributed by atoms with van der Waals surface area (Å²) in [7, 11) is 0. The quantitative estimate of drug-likeness (QED) is 0.383. The fourth-order valence-corrected chi connectivity index (χ4v) is 1.57. The molecule has 0 aliphatic heterocycles. The van der Waals surface area contributed by atoms with Gasteiger partial charge in [0.1, 0.15) is 0 Å². The largest absolute Gasteiger partial charge is 0.504 e. The molecule has 0 saturated heterocycles. The highest BCUT2D eigenvalue weighted by Gasteiger charge is 2.20. The Morgan fingerprint density at radius 3 is 2.46 bits per heavy atom. The van der Waals surface area contributed by atoms with Gasteiger partial charge in [0.05, 0.1) is 12.5 Å². The van der Waals surface area contributed by atoms with Crippen molar-refractivity contribution in [1.82, 2.24) is 0 Å². The zero-order chi connectivity index (χ0) is 18.3. The number of carboxylic acid groups (broad SMARTS) is 1. The van der Waals surface area contributed by atoms with Gasteiger partial charge < -0.3 is 24.8 Å². The number of aliphatic hydroxyl groups is 1. The van der Waals surface area contributed by atoms with Crippen LogP contribution in [-0.4, -0.2) is 45.4 Å². The van der Waals surface area contributed by atoms with Crippen LogP contribution in [0.5, 0.6) is 11.5 Å². The molecule has 8 nitrogen and oxygen atoms in total. The average Bonchev–Trinajstić information content (AvgIpc) is 2.46. The van der Waals surface area contributed by atoms with Crippen LogP contribution in [0.4, 0.5) is 0 Å². The first-order valence-electron chi connectivity index (χ1n) is 7.02. The van der Waals surface area contributed by atoms with Crippen molar-refractivity contribution in [3.8, 4) is 11.5 Å². The van der Waals surface area contributed by atoms with Crippen molar-refractivity contribution < 1.29 is 39.2 Å². The number of hydrogen-bond acceptors (Lipinski definition) is 7. The number of rotatable bonds is 7. The van der Waals surface area contributed by atoms with Gasteiger partial charge in [-0.1, -0.05) is 6.07 Å². The molecule has 0 radical (unpaired) electrons. The number of ether oxygens (including phenoxy) is 2. The van der Waals surface area contributed by atoms with Crippen molar-refractivity contribution in [3.05, 3.63) is 29.8 Å². The van der Waals surface area contributed by atoms with Crippen LogP contribution < -0.4 is 4.74 Å². The summed E-state index contributed by atoms with van der Waals surface area (Å²) in [4.78, 5) is 33.3. The Balaban J connectivity index is 2.71. The number of esters is 2. The standard InChI is InChI=1S/C16H18O8/c1-9(2)23-14(19)6-4-10-3-5-13(11(17)7-10)24-15(20)8-12(18)16(21)22/h3-7,9,12,17-18H,8H2,1-2H3,(H,21,22)/b6-4+. The number of phenols is 1.